The highest BCUT2D eigenvalue weighted by Crippen LogP contribution is 2.13. The second-order valence-electron chi connectivity index (χ2n) is 4.59. The minimum Gasteiger partial charge on any atom is -0.352 e. The first-order valence-corrected chi connectivity index (χ1v) is 7.07. The Bertz CT molecular complexity index is 361. The number of rotatable bonds is 7. The Balaban J connectivity index is 2.41. The Hall–Kier alpha value is -1.02. The SMILES string of the molecule is CCCCC(CC)C(=O)NCc1ccc(Cl)cc1. The van der Waals surface area contributed by atoms with Crippen LogP contribution in [0.2, 0.25) is 5.02 Å². The van der Waals surface area contributed by atoms with Gasteiger partial charge in [0.25, 0.3) is 0 Å². The van der Waals surface area contributed by atoms with E-state index in [0.717, 1.165) is 36.3 Å². The highest BCUT2D eigenvalue weighted by molar-refractivity contribution is 6.30. The maximum atomic E-state index is 12.0. The molecule has 0 aliphatic carbocycles. The lowest BCUT2D eigenvalue weighted by Gasteiger charge is -2.14. The molecule has 100 valence electrons. The lowest BCUT2D eigenvalue weighted by atomic mass is 9.98. The van der Waals surface area contributed by atoms with Crippen LogP contribution in [0.5, 0.6) is 0 Å². The third-order valence-electron chi connectivity index (χ3n) is 3.15. The van der Waals surface area contributed by atoms with Crippen molar-refractivity contribution in [3.05, 3.63) is 34.9 Å². The Morgan fingerprint density at radius 3 is 2.50 bits per heavy atom. The van der Waals surface area contributed by atoms with E-state index in [9.17, 15) is 4.79 Å². The van der Waals surface area contributed by atoms with Crippen molar-refractivity contribution in [3.8, 4) is 0 Å². The van der Waals surface area contributed by atoms with Crippen LogP contribution >= 0.6 is 11.6 Å². The van der Waals surface area contributed by atoms with E-state index in [1.165, 1.54) is 0 Å². The lowest BCUT2D eigenvalue weighted by molar-refractivity contribution is -0.125. The van der Waals surface area contributed by atoms with Crippen molar-refractivity contribution in [3.63, 3.8) is 0 Å². The van der Waals surface area contributed by atoms with Gasteiger partial charge in [-0.2, -0.15) is 0 Å². The van der Waals surface area contributed by atoms with Crippen molar-refractivity contribution in [1.29, 1.82) is 0 Å². The average molecular weight is 268 g/mol. The molecule has 0 aliphatic heterocycles. The molecule has 0 fully saturated rings. The van der Waals surface area contributed by atoms with Gasteiger partial charge in [0.15, 0.2) is 0 Å². The standard InChI is InChI=1S/C15H22ClNO/c1-3-5-6-13(4-2)15(18)17-11-12-7-9-14(16)10-8-12/h7-10,13H,3-6,11H2,1-2H3,(H,17,18). The zero-order chi connectivity index (χ0) is 13.4. The first-order valence-electron chi connectivity index (χ1n) is 6.69. The van der Waals surface area contributed by atoms with Crippen LogP contribution in [-0.2, 0) is 11.3 Å². The number of hydrogen-bond donors (Lipinski definition) is 1. The topological polar surface area (TPSA) is 29.1 Å². The molecule has 0 heterocycles. The van der Waals surface area contributed by atoms with E-state index in [2.05, 4.69) is 19.2 Å². The summed E-state index contributed by atoms with van der Waals surface area (Å²) < 4.78 is 0. The third-order valence-corrected chi connectivity index (χ3v) is 3.40. The molecule has 3 heteroatoms. The molecular formula is C15H22ClNO. The Labute approximate surface area is 115 Å². The number of hydrogen-bond acceptors (Lipinski definition) is 1. The summed E-state index contributed by atoms with van der Waals surface area (Å²) in [5.41, 5.74) is 1.08. The zero-order valence-corrected chi connectivity index (χ0v) is 12.0. The Kier molecular flexibility index (Phi) is 6.81. The van der Waals surface area contributed by atoms with E-state index in [1.807, 2.05) is 24.3 Å². The van der Waals surface area contributed by atoms with Crippen LogP contribution < -0.4 is 5.32 Å². The molecule has 0 bridgehead atoms. The van der Waals surface area contributed by atoms with Gasteiger partial charge in [-0.25, -0.2) is 0 Å². The van der Waals surface area contributed by atoms with Gasteiger partial charge < -0.3 is 5.32 Å². The summed E-state index contributed by atoms with van der Waals surface area (Å²) in [6, 6.07) is 7.57. The minimum atomic E-state index is 0.150. The Morgan fingerprint density at radius 2 is 1.94 bits per heavy atom. The maximum Gasteiger partial charge on any atom is 0.223 e. The second kappa shape index (κ2) is 8.15. The summed E-state index contributed by atoms with van der Waals surface area (Å²) in [7, 11) is 0. The van der Waals surface area contributed by atoms with Crippen LogP contribution in [-0.4, -0.2) is 5.91 Å². The first-order chi connectivity index (χ1) is 8.67. The van der Waals surface area contributed by atoms with Gasteiger partial charge in [0.05, 0.1) is 0 Å². The fourth-order valence-corrected chi connectivity index (χ4v) is 2.03. The summed E-state index contributed by atoms with van der Waals surface area (Å²) in [5.74, 6) is 0.318. The molecule has 18 heavy (non-hydrogen) atoms. The molecule has 1 amide bonds. The average Bonchev–Trinajstić information content (AvgIpc) is 2.39. The molecule has 1 aromatic carbocycles. The van der Waals surface area contributed by atoms with Gasteiger partial charge in [-0.1, -0.05) is 50.4 Å². The van der Waals surface area contributed by atoms with Crippen LogP contribution in [0.4, 0.5) is 0 Å². The monoisotopic (exact) mass is 267 g/mol. The molecule has 1 aromatic rings. The van der Waals surface area contributed by atoms with Crippen molar-refractivity contribution in [2.45, 2.75) is 46.1 Å². The number of carbonyl (C=O) groups is 1. The number of amides is 1. The zero-order valence-electron chi connectivity index (χ0n) is 11.2. The quantitative estimate of drug-likeness (QED) is 0.789. The van der Waals surface area contributed by atoms with Gasteiger partial charge in [-0.3, -0.25) is 4.79 Å². The van der Waals surface area contributed by atoms with E-state index < -0.39 is 0 Å². The maximum absolute atomic E-state index is 12.0. The molecule has 2 nitrogen and oxygen atoms in total. The second-order valence-corrected chi connectivity index (χ2v) is 5.03. The Morgan fingerprint density at radius 1 is 1.28 bits per heavy atom. The van der Waals surface area contributed by atoms with Crippen LogP contribution in [0.1, 0.15) is 45.1 Å². The van der Waals surface area contributed by atoms with E-state index >= 15 is 0 Å². The van der Waals surface area contributed by atoms with Gasteiger partial charge in [0.2, 0.25) is 5.91 Å². The van der Waals surface area contributed by atoms with Crippen molar-refractivity contribution < 1.29 is 4.79 Å². The largest absolute Gasteiger partial charge is 0.352 e. The molecule has 0 saturated heterocycles. The number of carbonyl (C=O) groups excluding carboxylic acids is 1. The normalized spacial score (nSPS) is 12.2. The van der Waals surface area contributed by atoms with Crippen LogP contribution in [0, 0.1) is 5.92 Å². The summed E-state index contributed by atoms with van der Waals surface area (Å²) in [5, 5.41) is 3.72. The fraction of sp³-hybridized carbons (Fsp3) is 0.533. The fourth-order valence-electron chi connectivity index (χ4n) is 1.91. The summed E-state index contributed by atoms with van der Waals surface area (Å²) in [6.45, 7) is 4.80. The van der Waals surface area contributed by atoms with Crippen molar-refractivity contribution in [2.75, 3.05) is 0 Å². The van der Waals surface area contributed by atoms with Gasteiger partial charge >= 0.3 is 0 Å². The van der Waals surface area contributed by atoms with Gasteiger partial charge in [0.1, 0.15) is 0 Å². The number of nitrogens with one attached hydrogen (secondary N) is 1. The van der Waals surface area contributed by atoms with E-state index in [-0.39, 0.29) is 11.8 Å². The van der Waals surface area contributed by atoms with Gasteiger partial charge in [-0.15, -0.1) is 0 Å². The van der Waals surface area contributed by atoms with Crippen molar-refractivity contribution in [1.82, 2.24) is 5.32 Å². The van der Waals surface area contributed by atoms with Crippen molar-refractivity contribution >= 4 is 17.5 Å². The summed E-state index contributed by atoms with van der Waals surface area (Å²) in [4.78, 5) is 12.0. The predicted octanol–water partition coefficient (Wildman–Crippen LogP) is 4.17. The highest BCUT2D eigenvalue weighted by Gasteiger charge is 2.14. The van der Waals surface area contributed by atoms with Crippen LogP contribution in [0.3, 0.4) is 0 Å². The van der Waals surface area contributed by atoms with E-state index in [1.54, 1.807) is 0 Å². The summed E-state index contributed by atoms with van der Waals surface area (Å²) >= 11 is 5.82. The molecule has 1 atom stereocenters. The first kappa shape index (κ1) is 15.0. The van der Waals surface area contributed by atoms with E-state index in [0.29, 0.717) is 6.54 Å². The summed E-state index contributed by atoms with van der Waals surface area (Å²) in [6.07, 6.45) is 4.15. The molecule has 0 saturated carbocycles. The number of benzene rings is 1. The number of halogens is 1. The molecular weight excluding hydrogens is 246 g/mol. The van der Waals surface area contributed by atoms with Crippen LogP contribution in [0.25, 0.3) is 0 Å². The smallest absolute Gasteiger partial charge is 0.223 e. The van der Waals surface area contributed by atoms with E-state index in [4.69, 9.17) is 11.6 Å². The number of unbranched alkanes of at least 4 members (excludes halogenated alkanes) is 1. The van der Waals surface area contributed by atoms with Crippen LogP contribution in [0.15, 0.2) is 24.3 Å². The molecule has 0 aromatic heterocycles. The predicted molar refractivity (Wildman–Crippen MR) is 76.6 cm³/mol. The third kappa shape index (κ3) is 5.09. The highest BCUT2D eigenvalue weighted by atomic mass is 35.5. The lowest BCUT2D eigenvalue weighted by Crippen LogP contribution is -2.30. The molecule has 0 spiro atoms. The molecule has 1 rings (SSSR count). The van der Waals surface area contributed by atoms with Gasteiger partial charge in [-0.05, 0) is 30.5 Å². The van der Waals surface area contributed by atoms with Gasteiger partial charge in [0, 0.05) is 17.5 Å². The molecule has 0 aliphatic rings. The minimum absolute atomic E-state index is 0.150. The van der Waals surface area contributed by atoms with Crippen molar-refractivity contribution in [2.24, 2.45) is 5.92 Å². The molecule has 0 radical (unpaired) electrons. The molecule has 1 unspecified atom stereocenters. The molecule has 1 N–H and O–H groups in total.